The van der Waals surface area contributed by atoms with Gasteiger partial charge in [0.05, 0.1) is 0 Å². The fraction of sp³-hybridized carbons (Fsp3) is 0.538. The predicted molar refractivity (Wildman–Crippen MR) is 73.5 cm³/mol. The van der Waals surface area contributed by atoms with Crippen molar-refractivity contribution in [3.8, 4) is 0 Å². The molecule has 0 bridgehead atoms. The highest BCUT2D eigenvalue weighted by Gasteiger charge is 2.18. The number of nitrogens with two attached hydrogens (primary N) is 1. The van der Waals surface area contributed by atoms with Crippen LogP contribution in [0.25, 0.3) is 0 Å². The van der Waals surface area contributed by atoms with Gasteiger partial charge in [-0.25, -0.2) is 0 Å². The molecule has 0 aromatic heterocycles. The normalized spacial score (nSPS) is 24.9. The summed E-state index contributed by atoms with van der Waals surface area (Å²) < 4.78 is 0. The maximum Gasteiger partial charge on any atom is 0.0465 e. The minimum atomic E-state index is 0.386. The Morgan fingerprint density at radius 1 is 1.12 bits per heavy atom. The molecule has 3 N–H and O–H groups in total. The lowest BCUT2D eigenvalue weighted by molar-refractivity contribution is 0.342. The van der Waals surface area contributed by atoms with Crippen LogP contribution in [0.1, 0.15) is 31.2 Å². The molecule has 1 fully saturated rings. The fourth-order valence-electron chi connectivity index (χ4n) is 2.27. The fourth-order valence-corrected chi connectivity index (χ4v) is 2.80. The van der Waals surface area contributed by atoms with Gasteiger partial charge < -0.3 is 11.1 Å². The summed E-state index contributed by atoms with van der Waals surface area (Å²) >= 11 is 12.3. The smallest absolute Gasteiger partial charge is 0.0465 e. The van der Waals surface area contributed by atoms with E-state index < -0.39 is 0 Å². The lowest BCUT2D eigenvalue weighted by Crippen LogP contribution is -2.37. The molecule has 2 nitrogen and oxygen atoms in total. The van der Waals surface area contributed by atoms with Crippen LogP contribution in [-0.2, 0) is 6.54 Å². The average molecular weight is 273 g/mol. The van der Waals surface area contributed by atoms with E-state index in [0.29, 0.717) is 12.1 Å². The molecule has 1 aliphatic rings. The highest BCUT2D eigenvalue weighted by atomic mass is 35.5. The summed E-state index contributed by atoms with van der Waals surface area (Å²) in [7, 11) is 0. The molecule has 0 atom stereocenters. The number of hydrogen-bond donors (Lipinski definition) is 2. The minimum absolute atomic E-state index is 0.386. The van der Waals surface area contributed by atoms with E-state index in [0.717, 1.165) is 47.8 Å². The third-order valence-electron chi connectivity index (χ3n) is 3.40. The Kier molecular flexibility index (Phi) is 4.69. The third-order valence-corrected chi connectivity index (χ3v) is 4.11. The minimum Gasteiger partial charge on any atom is -0.328 e. The van der Waals surface area contributed by atoms with Gasteiger partial charge in [0, 0.05) is 34.2 Å². The van der Waals surface area contributed by atoms with E-state index in [-0.39, 0.29) is 0 Å². The van der Waals surface area contributed by atoms with Crippen LogP contribution in [0, 0.1) is 0 Å². The average Bonchev–Trinajstić information content (AvgIpc) is 2.31. The van der Waals surface area contributed by atoms with Gasteiger partial charge in [-0.3, -0.25) is 0 Å². The second-order valence-corrected chi connectivity index (χ2v) is 5.51. The van der Waals surface area contributed by atoms with Gasteiger partial charge in [-0.15, -0.1) is 0 Å². The largest absolute Gasteiger partial charge is 0.328 e. The van der Waals surface area contributed by atoms with E-state index in [9.17, 15) is 0 Å². The summed E-state index contributed by atoms with van der Waals surface area (Å²) in [5, 5.41) is 4.98. The highest BCUT2D eigenvalue weighted by Crippen LogP contribution is 2.25. The van der Waals surface area contributed by atoms with Crippen molar-refractivity contribution in [2.45, 2.75) is 44.3 Å². The Balaban J connectivity index is 1.89. The van der Waals surface area contributed by atoms with Crippen LogP contribution in [0.5, 0.6) is 0 Å². The number of hydrogen-bond acceptors (Lipinski definition) is 2. The van der Waals surface area contributed by atoms with Crippen LogP contribution in [-0.4, -0.2) is 12.1 Å². The van der Waals surface area contributed by atoms with Crippen LogP contribution in [0.15, 0.2) is 18.2 Å². The molecule has 17 heavy (non-hydrogen) atoms. The molecule has 0 aliphatic heterocycles. The summed E-state index contributed by atoms with van der Waals surface area (Å²) in [4.78, 5) is 0. The molecular weight excluding hydrogens is 255 g/mol. The van der Waals surface area contributed by atoms with Crippen molar-refractivity contribution < 1.29 is 0 Å². The van der Waals surface area contributed by atoms with Crippen LogP contribution < -0.4 is 11.1 Å². The van der Waals surface area contributed by atoms with Crippen molar-refractivity contribution in [2.75, 3.05) is 0 Å². The number of nitrogens with one attached hydrogen (secondary N) is 1. The Labute approximate surface area is 112 Å². The van der Waals surface area contributed by atoms with Gasteiger partial charge >= 0.3 is 0 Å². The predicted octanol–water partition coefficient (Wildman–Crippen LogP) is 3.35. The summed E-state index contributed by atoms with van der Waals surface area (Å²) in [6, 6.07) is 6.55. The lowest BCUT2D eigenvalue weighted by atomic mass is 9.92. The molecule has 1 aromatic rings. The zero-order valence-corrected chi connectivity index (χ0v) is 11.3. The first kappa shape index (κ1) is 13.2. The quantitative estimate of drug-likeness (QED) is 0.886. The van der Waals surface area contributed by atoms with Gasteiger partial charge in [0.25, 0.3) is 0 Å². The third kappa shape index (κ3) is 3.59. The molecule has 1 saturated carbocycles. The molecule has 0 saturated heterocycles. The lowest BCUT2D eigenvalue weighted by Gasteiger charge is -2.27. The second kappa shape index (κ2) is 6.05. The number of benzene rings is 1. The standard InChI is InChI=1S/C13H18Cl2N2/c14-12-2-1-3-13(15)11(12)8-17-10-6-4-9(16)5-7-10/h1-3,9-10,17H,4-8,16H2. The van der Waals surface area contributed by atoms with Gasteiger partial charge in [-0.2, -0.15) is 0 Å². The molecule has 0 unspecified atom stereocenters. The molecular formula is C13H18Cl2N2. The van der Waals surface area contributed by atoms with Gasteiger partial charge in [0.15, 0.2) is 0 Å². The van der Waals surface area contributed by atoms with Crippen LogP contribution in [0.4, 0.5) is 0 Å². The molecule has 4 heteroatoms. The molecule has 0 spiro atoms. The van der Waals surface area contributed by atoms with Gasteiger partial charge in [0.2, 0.25) is 0 Å². The Hall–Kier alpha value is -0.280. The summed E-state index contributed by atoms with van der Waals surface area (Å²) in [6.07, 6.45) is 4.49. The Bertz CT molecular complexity index is 353. The molecule has 94 valence electrons. The van der Waals surface area contributed by atoms with Crippen LogP contribution >= 0.6 is 23.2 Å². The van der Waals surface area contributed by atoms with Gasteiger partial charge in [-0.05, 0) is 37.8 Å². The Morgan fingerprint density at radius 3 is 2.29 bits per heavy atom. The highest BCUT2D eigenvalue weighted by molar-refractivity contribution is 6.35. The zero-order valence-electron chi connectivity index (χ0n) is 9.76. The first-order valence-electron chi connectivity index (χ1n) is 6.08. The monoisotopic (exact) mass is 272 g/mol. The molecule has 1 aromatic carbocycles. The van der Waals surface area contributed by atoms with Crippen molar-refractivity contribution in [1.29, 1.82) is 0 Å². The van der Waals surface area contributed by atoms with E-state index in [1.54, 1.807) is 0 Å². The van der Waals surface area contributed by atoms with Crippen molar-refractivity contribution in [3.05, 3.63) is 33.8 Å². The number of halogens is 2. The maximum absolute atomic E-state index is 6.13. The zero-order chi connectivity index (χ0) is 12.3. The van der Waals surface area contributed by atoms with E-state index in [1.165, 1.54) is 0 Å². The maximum atomic E-state index is 6.13. The van der Waals surface area contributed by atoms with E-state index in [4.69, 9.17) is 28.9 Å². The summed E-state index contributed by atoms with van der Waals surface area (Å²) in [6.45, 7) is 0.735. The topological polar surface area (TPSA) is 38.0 Å². The van der Waals surface area contributed by atoms with Crippen molar-refractivity contribution in [3.63, 3.8) is 0 Å². The van der Waals surface area contributed by atoms with Gasteiger partial charge in [-0.1, -0.05) is 29.3 Å². The molecule has 0 radical (unpaired) electrons. The van der Waals surface area contributed by atoms with E-state index >= 15 is 0 Å². The first-order valence-corrected chi connectivity index (χ1v) is 6.84. The first-order chi connectivity index (χ1) is 8.16. The van der Waals surface area contributed by atoms with E-state index in [1.807, 2.05) is 18.2 Å². The van der Waals surface area contributed by atoms with Crippen molar-refractivity contribution in [2.24, 2.45) is 5.73 Å². The number of rotatable bonds is 3. The molecule has 1 aliphatic carbocycles. The van der Waals surface area contributed by atoms with Crippen molar-refractivity contribution in [1.82, 2.24) is 5.32 Å². The van der Waals surface area contributed by atoms with Crippen molar-refractivity contribution >= 4 is 23.2 Å². The summed E-state index contributed by atoms with van der Waals surface area (Å²) in [5.41, 5.74) is 6.87. The van der Waals surface area contributed by atoms with E-state index in [2.05, 4.69) is 5.32 Å². The second-order valence-electron chi connectivity index (χ2n) is 4.69. The molecule has 0 heterocycles. The van der Waals surface area contributed by atoms with Crippen LogP contribution in [0.2, 0.25) is 10.0 Å². The van der Waals surface area contributed by atoms with Gasteiger partial charge in [0.1, 0.15) is 0 Å². The molecule has 2 rings (SSSR count). The SMILES string of the molecule is NC1CCC(NCc2c(Cl)cccc2Cl)CC1. The summed E-state index contributed by atoms with van der Waals surface area (Å²) in [5.74, 6) is 0. The Morgan fingerprint density at radius 2 is 1.71 bits per heavy atom. The van der Waals surface area contributed by atoms with Crippen LogP contribution in [0.3, 0.4) is 0 Å². The molecule has 0 amide bonds.